The van der Waals surface area contributed by atoms with Crippen molar-refractivity contribution in [3.8, 4) is 0 Å². The average molecular weight is 221 g/mol. The van der Waals surface area contributed by atoms with E-state index in [1.165, 1.54) is 24.8 Å². The van der Waals surface area contributed by atoms with E-state index in [4.69, 9.17) is 0 Å². The van der Waals surface area contributed by atoms with Crippen molar-refractivity contribution in [3.63, 3.8) is 0 Å². The zero-order valence-electron chi connectivity index (χ0n) is 10.6. The van der Waals surface area contributed by atoms with Crippen molar-refractivity contribution in [2.75, 3.05) is 7.05 Å². The Labute approximate surface area is 98.2 Å². The van der Waals surface area contributed by atoms with Crippen LogP contribution in [0.15, 0.2) is 12.4 Å². The Kier molecular flexibility index (Phi) is 3.64. The summed E-state index contributed by atoms with van der Waals surface area (Å²) < 4.78 is 2.01. The first-order valence-corrected chi connectivity index (χ1v) is 6.45. The largest absolute Gasteiger partial charge is 0.313 e. The molecule has 16 heavy (non-hydrogen) atoms. The smallest absolute Gasteiger partial charge is 0.0537 e. The first kappa shape index (κ1) is 11.6. The summed E-state index contributed by atoms with van der Waals surface area (Å²) >= 11 is 0. The van der Waals surface area contributed by atoms with E-state index in [2.05, 4.69) is 37.5 Å². The molecule has 1 aliphatic rings. The number of nitrogens with zero attached hydrogens (tertiary/aromatic N) is 2. The minimum Gasteiger partial charge on any atom is -0.313 e. The van der Waals surface area contributed by atoms with Gasteiger partial charge in [-0.05, 0) is 32.2 Å². The predicted octanol–water partition coefficient (Wildman–Crippen LogP) is 2.60. The monoisotopic (exact) mass is 221 g/mol. The Morgan fingerprint density at radius 2 is 2.38 bits per heavy atom. The number of rotatable bonds is 4. The van der Waals surface area contributed by atoms with Crippen LogP contribution < -0.4 is 5.32 Å². The summed E-state index contributed by atoms with van der Waals surface area (Å²) in [6, 6.07) is 0.484. The van der Waals surface area contributed by atoms with Crippen LogP contribution in [0.5, 0.6) is 0 Å². The van der Waals surface area contributed by atoms with Gasteiger partial charge in [0.15, 0.2) is 0 Å². The molecule has 3 atom stereocenters. The number of hydrogen-bond donors (Lipinski definition) is 1. The van der Waals surface area contributed by atoms with Gasteiger partial charge in [-0.1, -0.05) is 19.8 Å². The summed E-state index contributed by atoms with van der Waals surface area (Å²) in [5, 5.41) is 7.85. The molecule has 1 aliphatic carbocycles. The highest BCUT2D eigenvalue weighted by Gasteiger charge is 2.31. The van der Waals surface area contributed by atoms with Crippen LogP contribution in [0.1, 0.15) is 44.7 Å². The number of aryl methyl sites for hydroxylation is 1. The second-order valence-corrected chi connectivity index (χ2v) is 4.97. The van der Waals surface area contributed by atoms with E-state index in [0.29, 0.717) is 6.04 Å². The third kappa shape index (κ3) is 2.14. The summed E-state index contributed by atoms with van der Waals surface area (Å²) in [6.45, 7) is 5.46. The highest BCUT2D eigenvalue weighted by atomic mass is 15.3. The maximum atomic E-state index is 4.38. The molecule has 1 aromatic heterocycles. The molecule has 1 N–H and O–H groups in total. The lowest BCUT2D eigenvalue weighted by Gasteiger charge is -2.25. The molecule has 1 heterocycles. The normalized spacial score (nSPS) is 27.2. The standard InChI is InChI=1S/C13H23N3/c1-4-16-9-11(8-15-16)13(14-3)12-7-5-6-10(12)2/h8-10,12-14H,4-7H2,1-3H3. The zero-order valence-corrected chi connectivity index (χ0v) is 10.6. The van der Waals surface area contributed by atoms with Crippen LogP contribution in [-0.4, -0.2) is 16.8 Å². The van der Waals surface area contributed by atoms with Gasteiger partial charge < -0.3 is 5.32 Å². The Hall–Kier alpha value is -0.830. The van der Waals surface area contributed by atoms with Gasteiger partial charge in [-0.25, -0.2) is 0 Å². The van der Waals surface area contributed by atoms with Crippen LogP contribution in [0.25, 0.3) is 0 Å². The van der Waals surface area contributed by atoms with Gasteiger partial charge >= 0.3 is 0 Å². The van der Waals surface area contributed by atoms with Crippen LogP contribution in [-0.2, 0) is 6.54 Å². The van der Waals surface area contributed by atoms with E-state index in [1.807, 2.05) is 10.9 Å². The third-order valence-corrected chi connectivity index (χ3v) is 4.00. The first-order valence-electron chi connectivity index (χ1n) is 6.45. The summed E-state index contributed by atoms with van der Waals surface area (Å²) in [6.07, 6.45) is 8.32. The lowest BCUT2D eigenvalue weighted by molar-refractivity contribution is 0.315. The maximum Gasteiger partial charge on any atom is 0.0537 e. The lowest BCUT2D eigenvalue weighted by Crippen LogP contribution is -2.26. The highest BCUT2D eigenvalue weighted by Crippen LogP contribution is 2.39. The Morgan fingerprint density at radius 1 is 1.56 bits per heavy atom. The van der Waals surface area contributed by atoms with E-state index in [-0.39, 0.29) is 0 Å². The first-order chi connectivity index (χ1) is 7.76. The quantitative estimate of drug-likeness (QED) is 0.847. The van der Waals surface area contributed by atoms with Crippen molar-refractivity contribution in [1.29, 1.82) is 0 Å². The summed E-state index contributed by atoms with van der Waals surface area (Å²) in [5.41, 5.74) is 1.35. The molecular formula is C13H23N3. The van der Waals surface area contributed by atoms with Gasteiger partial charge in [-0.3, -0.25) is 4.68 Å². The number of hydrogen-bond acceptors (Lipinski definition) is 2. The average Bonchev–Trinajstić information content (AvgIpc) is 2.90. The van der Waals surface area contributed by atoms with Crippen LogP contribution in [0.4, 0.5) is 0 Å². The molecule has 1 saturated carbocycles. The molecule has 3 unspecified atom stereocenters. The summed E-state index contributed by atoms with van der Waals surface area (Å²) in [4.78, 5) is 0. The molecule has 0 saturated heterocycles. The van der Waals surface area contributed by atoms with E-state index >= 15 is 0 Å². The molecular weight excluding hydrogens is 198 g/mol. The van der Waals surface area contributed by atoms with Gasteiger partial charge in [-0.15, -0.1) is 0 Å². The predicted molar refractivity (Wildman–Crippen MR) is 66.2 cm³/mol. The molecule has 3 heteroatoms. The third-order valence-electron chi connectivity index (χ3n) is 4.00. The maximum absolute atomic E-state index is 4.38. The molecule has 1 aromatic rings. The van der Waals surface area contributed by atoms with Gasteiger partial charge in [0, 0.05) is 24.3 Å². The van der Waals surface area contributed by atoms with E-state index in [9.17, 15) is 0 Å². The van der Waals surface area contributed by atoms with Crippen LogP contribution in [0, 0.1) is 11.8 Å². The van der Waals surface area contributed by atoms with E-state index < -0.39 is 0 Å². The SMILES string of the molecule is CCn1cc(C(NC)C2CCCC2C)cn1. The van der Waals surface area contributed by atoms with Crippen LogP contribution >= 0.6 is 0 Å². The van der Waals surface area contributed by atoms with Crippen LogP contribution in [0.2, 0.25) is 0 Å². The van der Waals surface area contributed by atoms with E-state index in [0.717, 1.165) is 18.4 Å². The molecule has 0 radical (unpaired) electrons. The topological polar surface area (TPSA) is 29.9 Å². The van der Waals surface area contributed by atoms with Crippen molar-refractivity contribution in [2.24, 2.45) is 11.8 Å². The Bertz CT molecular complexity index is 332. The van der Waals surface area contributed by atoms with Gasteiger partial charge in [0.2, 0.25) is 0 Å². The molecule has 0 spiro atoms. The van der Waals surface area contributed by atoms with Crippen molar-refractivity contribution < 1.29 is 0 Å². The molecule has 0 aromatic carbocycles. The summed E-state index contributed by atoms with van der Waals surface area (Å²) in [7, 11) is 2.07. The zero-order chi connectivity index (χ0) is 11.5. The van der Waals surface area contributed by atoms with Crippen molar-refractivity contribution in [3.05, 3.63) is 18.0 Å². The Morgan fingerprint density at radius 3 is 2.88 bits per heavy atom. The molecule has 2 rings (SSSR count). The van der Waals surface area contributed by atoms with E-state index in [1.54, 1.807) is 0 Å². The fourth-order valence-corrected chi connectivity index (χ4v) is 3.01. The van der Waals surface area contributed by atoms with Crippen molar-refractivity contribution in [2.45, 2.75) is 45.7 Å². The fourth-order valence-electron chi connectivity index (χ4n) is 3.01. The molecule has 0 bridgehead atoms. The van der Waals surface area contributed by atoms with Gasteiger partial charge in [0.05, 0.1) is 6.20 Å². The second-order valence-electron chi connectivity index (χ2n) is 4.97. The fraction of sp³-hybridized carbons (Fsp3) is 0.769. The van der Waals surface area contributed by atoms with Gasteiger partial charge in [-0.2, -0.15) is 5.10 Å². The Balaban J connectivity index is 2.15. The molecule has 1 fully saturated rings. The van der Waals surface area contributed by atoms with Gasteiger partial charge in [0.1, 0.15) is 0 Å². The van der Waals surface area contributed by atoms with Crippen LogP contribution in [0.3, 0.4) is 0 Å². The van der Waals surface area contributed by atoms with Crippen molar-refractivity contribution in [1.82, 2.24) is 15.1 Å². The van der Waals surface area contributed by atoms with Gasteiger partial charge in [0.25, 0.3) is 0 Å². The minimum atomic E-state index is 0.484. The lowest BCUT2D eigenvalue weighted by atomic mass is 9.87. The molecule has 0 aliphatic heterocycles. The highest BCUT2D eigenvalue weighted by molar-refractivity contribution is 5.12. The summed E-state index contributed by atoms with van der Waals surface area (Å²) in [5.74, 6) is 1.61. The molecule has 3 nitrogen and oxygen atoms in total. The van der Waals surface area contributed by atoms with Crippen molar-refractivity contribution >= 4 is 0 Å². The second kappa shape index (κ2) is 5.00. The molecule has 0 amide bonds. The minimum absolute atomic E-state index is 0.484. The number of nitrogens with one attached hydrogen (secondary N) is 1. The number of aromatic nitrogens is 2. The molecule has 90 valence electrons.